The Morgan fingerprint density at radius 2 is 1.75 bits per heavy atom. The average molecular weight is 530 g/mol. The zero-order valence-corrected chi connectivity index (χ0v) is 21.2. The Hall–Kier alpha value is -5.49. The number of carboxylic acid groups (broad SMARTS) is 1. The van der Waals surface area contributed by atoms with Crippen molar-refractivity contribution in [1.29, 1.82) is 5.26 Å². The molecule has 6 rings (SSSR count). The molecule has 2 N–H and O–H groups in total. The number of rotatable bonds is 7. The van der Waals surface area contributed by atoms with Crippen LogP contribution in [-0.4, -0.2) is 44.2 Å². The van der Waals surface area contributed by atoms with E-state index in [9.17, 15) is 14.7 Å². The maximum atomic E-state index is 12.7. The van der Waals surface area contributed by atoms with Gasteiger partial charge < -0.3 is 19.6 Å². The molecule has 9 heteroatoms. The van der Waals surface area contributed by atoms with Crippen molar-refractivity contribution in [3.63, 3.8) is 0 Å². The normalized spacial score (nSPS) is 12.8. The molecule has 40 heavy (non-hydrogen) atoms. The van der Waals surface area contributed by atoms with E-state index in [0.717, 1.165) is 27.8 Å². The highest BCUT2D eigenvalue weighted by molar-refractivity contribution is 5.81. The van der Waals surface area contributed by atoms with Crippen LogP contribution in [0.25, 0.3) is 28.0 Å². The molecule has 9 nitrogen and oxygen atoms in total. The van der Waals surface area contributed by atoms with Crippen molar-refractivity contribution >= 4 is 17.7 Å². The number of hydrogen-bond donors (Lipinski definition) is 2. The number of benzene rings is 3. The van der Waals surface area contributed by atoms with E-state index in [2.05, 4.69) is 27.4 Å². The smallest absolute Gasteiger partial charge is 0.407 e. The summed E-state index contributed by atoms with van der Waals surface area (Å²) in [7, 11) is 0. The fourth-order valence-corrected chi connectivity index (χ4v) is 5.18. The first-order valence-electron chi connectivity index (χ1n) is 12.7. The monoisotopic (exact) mass is 529 g/mol. The lowest BCUT2D eigenvalue weighted by Crippen LogP contribution is -2.42. The maximum Gasteiger partial charge on any atom is 0.407 e. The van der Waals surface area contributed by atoms with Gasteiger partial charge in [-0.25, -0.2) is 14.6 Å². The average Bonchev–Trinajstić information content (AvgIpc) is 3.54. The molecule has 0 aliphatic heterocycles. The van der Waals surface area contributed by atoms with E-state index >= 15 is 0 Å². The number of aromatic nitrogens is 3. The van der Waals surface area contributed by atoms with Crippen molar-refractivity contribution in [2.24, 2.45) is 0 Å². The fourth-order valence-electron chi connectivity index (χ4n) is 5.18. The molecule has 0 saturated heterocycles. The molecule has 2 aromatic heterocycles. The van der Waals surface area contributed by atoms with Crippen LogP contribution in [0.3, 0.4) is 0 Å². The summed E-state index contributed by atoms with van der Waals surface area (Å²) in [6, 6.07) is 24.1. The number of aliphatic carboxylic acids is 1. The second-order valence-electron chi connectivity index (χ2n) is 9.54. The van der Waals surface area contributed by atoms with Crippen LogP contribution in [0.2, 0.25) is 0 Å². The van der Waals surface area contributed by atoms with Gasteiger partial charge in [-0.3, -0.25) is 4.98 Å². The molecule has 1 amide bonds. The first-order valence-corrected chi connectivity index (χ1v) is 12.7. The third-order valence-corrected chi connectivity index (χ3v) is 7.05. The van der Waals surface area contributed by atoms with Gasteiger partial charge in [0.1, 0.15) is 18.7 Å². The lowest BCUT2D eigenvalue weighted by molar-refractivity contribution is -0.139. The highest BCUT2D eigenvalue weighted by Crippen LogP contribution is 2.44. The molecule has 5 aromatic rings. The molecule has 0 spiro atoms. The van der Waals surface area contributed by atoms with E-state index in [-0.39, 0.29) is 24.6 Å². The number of amides is 1. The Morgan fingerprint density at radius 1 is 1.02 bits per heavy atom. The number of ether oxygens (including phenoxy) is 1. The van der Waals surface area contributed by atoms with Crippen LogP contribution < -0.4 is 5.32 Å². The number of imidazole rings is 1. The van der Waals surface area contributed by atoms with Crippen LogP contribution in [0.15, 0.2) is 91.4 Å². The first-order chi connectivity index (χ1) is 19.5. The van der Waals surface area contributed by atoms with E-state index in [4.69, 9.17) is 10.00 Å². The Kier molecular flexibility index (Phi) is 6.42. The second-order valence-corrected chi connectivity index (χ2v) is 9.54. The van der Waals surface area contributed by atoms with Crippen molar-refractivity contribution in [2.75, 3.05) is 6.61 Å². The minimum absolute atomic E-state index is 0.0548. The van der Waals surface area contributed by atoms with Crippen LogP contribution in [0, 0.1) is 11.3 Å². The molecule has 0 radical (unpaired) electrons. The van der Waals surface area contributed by atoms with Crippen LogP contribution in [0.4, 0.5) is 4.79 Å². The summed E-state index contributed by atoms with van der Waals surface area (Å²) in [5, 5.41) is 21.4. The van der Waals surface area contributed by atoms with E-state index in [1.54, 1.807) is 35.1 Å². The molecule has 0 bridgehead atoms. The Bertz CT molecular complexity index is 1760. The molecular weight excluding hydrogens is 506 g/mol. The zero-order valence-electron chi connectivity index (χ0n) is 21.2. The Balaban J connectivity index is 1.14. The summed E-state index contributed by atoms with van der Waals surface area (Å²) in [5.74, 6) is -1.29. The van der Waals surface area contributed by atoms with Gasteiger partial charge in [0.15, 0.2) is 11.3 Å². The molecule has 1 aliphatic carbocycles. The summed E-state index contributed by atoms with van der Waals surface area (Å²) < 4.78 is 7.26. The van der Waals surface area contributed by atoms with E-state index < -0.39 is 18.1 Å². The van der Waals surface area contributed by atoms with Crippen molar-refractivity contribution in [3.05, 3.63) is 114 Å². The van der Waals surface area contributed by atoms with Crippen LogP contribution in [-0.2, 0) is 16.0 Å². The SMILES string of the molecule is N#Cc1cn2cc(-c3cccc(C[C@H](NC(=O)OCC4c5ccccc5-c5ccccc54)C(=O)O)c3)ncc2n1. The van der Waals surface area contributed by atoms with Gasteiger partial charge in [0.25, 0.3) is 0 Å². The number of nitrogens with one attached hydrogen (secondary N) is 1. The molecule has 196 valence electrons. The molecule has 0 unspecified atom stereocenters. The lowest BCUT2D eigenvalue weighted by Gasteiger charge is -2.18. The second kappa shape index (κ2) is 10.3. The summed E-state index contributed by atoms with van der Waals surface area (Å²) in [6.07, 6.45) is 4.21. The van der Waals surface area contributed by atoms with Gasteiger partial charge >= 0.3 is 12.1 Å². The highest BCUT2D eigenvalue weighted by atomic mass is 16.5. The van der Waals surface area contributed by atoms with Crippen molar-refractivity contribution < 1.29 is 19.4 Å². The minimum Gasteiger partial charge on any atom is -0.480 e. The number of fused-ring (bicyclic) bond motifs is 4. The molecule has 3 aromatic carbocycles. The molecule has 1 aliphatic rings. The predicted molar refractivity (Wildman–Crippen MR) is 146 cm³/mol. The largest absolute Gasteiger partial charge is 0.480 e. The van der Waals surface area contributed by atoms with Gasteiger partial charge in [-0.15, -0.1) is 0 Å². The number of carbonyl (C=O) groups excluding carboxylic acids is 1. The lowest BCUT2D eigenvalue weighted by atomic mass is 9.98. The maximum absolute atomic E-state index is 12.7. The van der Waals surface area contributed by atoms with Gasteiger partial charge in [-0.1, -0.05) is 66.7 Å². The molecular formula is C31H23N5O4. The van der Waals surface area contributed by atoms with Gasteiger partial charge in [0, 0.05) is 30.3 Å². The van der Waals surface area contributed by atoms with Crippen LogP contribution >= 0.6 is 0 Å². The standard InChI is InChI=1S/C31H23N5O4/c32-14-21-16-36-17-28(33-15-29(36)34-21)20-7-5-6-19(12-20)13-27(30(37)38)35-31(39)40-18-26-24-10-3-1-8-22(24)23-9-2-4-11-25(23)26/h1-12,15-17,26-27H,13,18H2,(H,35,39)(H,37,38)/t27-/m0/s1. The van der Waals surface area contributed by atoms with Gasteiger partial charge in [-0.2, -0.15) is 5.26 Å². The number of carbonyl (C=O) groups is 2. The number of carboxylic acids is 1. The van der Waals surface area contributed by atoms with Crippen LogP contribution in [0.5, 0.6) is 0 Å². The summed E-state index contributed by atoms with van der Waals surface area (Å²) in [5.41, 5.74) is 7.32. The van der Waals surface area contributed by atoms with E-state index in [1.807, 2.05) is 54.6 Å². The highest BCUT2D eigenvalue weighted by Gasteiger charge is 2.30. The van der Waals surface area contributed by atoms with Gasteiger partial charge in [0.2, 0.25) is 0 Å². The fraction of sp³-hybridized carbons (Fsp3) is 0.129. The molecule has 2 heterocycles. The number of nitrogens with zero attached hydrogens (tertiary/aromatic N) is 4. The topological polar surface area (TPSA) is 130 Å². The Labute approximate surface area is 229 Å². The third-order valence-electron chi connectivity index (χ3n) is 7.05. The Morgan fingerprint density at radius 3 is 2.45 bits per heavy atom. The number of nitriles is 1. The predicted octanol–water partition coefficient (Wildman–Crippen LogP) is 4.80. The minimum atomic E-state index is -1.19. The van der Waals surface area contributed by atoms with Crippen LogP contribution in [0.1, 0.15) is 28.3 Å². The first kappa shape index (κ1) is 24.8. The van der Waals surface area contributed by atoms with Crippen molar-refractivity contribution in [2.45, 2.75) is 18.4 Å². The number of hydrogen-bond acceptors (Lipinski definition) is 6. The molecule has 1 atom stereocenters. The molecule has 0 saturated carbocycles. The zero-order chi connectivity index (χ0) is 27.6. The molecule has 0 fully saturated rings. The van der Waals surface area contributed by atoms with Crippen molar-refractivity contribution in [3.8, 4) is 28.5 Å². The van der Waals surface area contributed by atoms with E-state index in [0.29, 0.717) is 16.9 Å². The third kappa shape index (κ3) is 4.74. The quantitative estimate of drug-likeness (QED) is 0.310. The summed E-state index contributed by atoms with van der Waals surface area (Å²) in [6.45, 7) is 0.0948. The van der Waals surface area contributed by atoms with Gasteiger partial charge in [-0.05, 0) is 33.9 Å². The van der Waals surface area contributed by atoms with Gasteiger partial charge in [0.05, 0.1) is 11.9 Å². The summed E-state index contributed by atoms with van der Waals surface area (Å²) in [4.78, 5) is 33.3. The van der Waals surface area contributed by atoms with Crippen molar-refractivity contribution in [1.82, 2.24) is 19.7 Å². The summed E-state index contributed by atoms with van der Waals surface area (Å²) >= 11 is 0. The number of alkyl carbamates (subject to hydrolysis) is 1. The van der Waals surface area contributed by atoms with E-state index in [1.165, 1.54) is 0 Å².